The molecule has 0 aliphatic rings. The SMILES string of the molecule is CCOCCN(CC)c1ncc(CO)s1. The van der Waals surface area contributed by atoms with Crippen LogP contribution in [-0.2, 0) is 11.3 Å². The average molecular weight is 230 g/mol. The Morgan fingerprint density at radius 1 is 1.53 bits per heavy atom. The van der Waals surface area contributed by atoms with Crippen LogP contribution in [0.4, 0.5) is 5.13 Å². The molecule has 0 saturated heterocycles. The number of rotatable bonds is 7. The fourth-order valence-corrected chi connectivity index (χ4v) is 2.08. The van der Waals surface area contributed by atoms with Crippen molar-refractivity contribution in [1.29, 1.82) is 0 Å². The molecule has 0 unspecified atom stereocenters. The normalized spacial score (nSPS) is 10.6. The van der Waals surface area contributed by atoms with Crippen molar-refractivity contribution in [3.05, 3.63) is 11.1 Å². The van der Waals surface area contributed by atoms with Gasteiger partial charge in [-0.25, -0.2) is 4.98 Å². The highest BCUT2D eigenvalue weighted by Crippen LogP contribution is 2.21. The summed E-state index contributed by atoms with van der Waals surface area (Å²) in [6, 6.07) is 0. The van der Waals surface area contributed by atoms with Crippen LogP contribution in [0, 0.1) is 0 Å². The minimum absolute atomic E-state index is 0.0701. The Balaban J connectivity index is 2.49. The van der Waals surface area contributed by atoms with Gasteiger partial charge in [-0.15, -0.1) is 0 Å². The van der Waals surface area contributed by atoms with Crippen LogP contribution in [0.2, 0.25) is 0 Å². The Morgan fingerprint density at radius 2 is 2.33 bits per heavy atom. The van der Waals surface area contributed by atoms with Crippen molar-refractivity contribution in [2.45, 2.75) is 20.5 Å². The van der Waals surface area contributed by atoms with Crippen LogP contribution in [0.5, 0.6) is 0 Å². The van der Waals surface area contributed by atoms with Gasteiger partial charge in [0.25, 0.3) is 0 Å². The first-order valence-corrected chi connectivity index (χ1v) is 6.01. The summed E-state index contributed by atoms with van der Waals surface area (Å²) in [6.07, 6.45) is 1.73. The summed E-state index contributed by atoms with van der Waals surface area (Å²) in [4.78, 5) is 7.32. The molecule has 0 aliphatic carbocycles. The highest BCUT2D eigenvalue weighted by atomic mass is 32.1. The first-order chi connectivity index (χ1) is 7.31. The summed E-state index contributed by atoms with van der Waals surface area (Å²) >= 11 is 1.53. The maximum Gasteiger partial charge on any atom is 0.185 e. The summed E-state index contributed by atoms with van der Waals surface area (Å²) in [5.41, 5.74) is 0. The van der Waals surface area contributed by atoms with Gasteiger partial charge in [-0.2, -0.15) is 0 Å². The third-order valence-corrected chi connectivity index (χ3v) is 3.10. The molecule has 86 valence electrons. The van der Waals surface area contributed by atoms with Gasteiger partial charge in [0.2, 0.25) is 0 Å². The zero-order valence-corrected chi connectivity index (χ0v) is 10.1. The second-order valence-electron chi connectivity index (χ2n) is 3.04. The molecule has 0 aromatic carbocycles. The molecule has 1 N–H and O–H groups in total. The molecule has 1 aromatic rings. The van der Waals surface area contributed by atoms with E-state index in [-0.39, 0.29) is 6.61 Å². The van der Waals surface area contributed by atoms with Gasteiger partial charge in [0.15, 0.2) is 5.13 Å². The van der Waals surface area contributed by atoms with E-state index >= 15 is 0 Å². The lowest BCUT2D eigenvalue weighted by Crippen LogP contribution is -2.26. The predicted octanol–water partition coefficient (Wildman–Crippen LogP) is 1.50. The van der Waals surface area contributed by atoms with Crippen LogP contribution >= 0.6 is 11.3 Å². The van der Waals surface area contributed by atoms with Gasteiger partial charge in [-0.1, -0.05) is 11.3 Å². The first-order valence-electron chi connectivity index (χ1n) is 5.20. The topological polar surface area (TPSA) is 45.6 Å². The monoisotopic (exact) mass is 230 g/mol. The van der Waals surface area contributed by atoms with Crippen molar-refractivity contribution in [3.8, 4) is 0 Å². The Kier molecular flexibility index (Phi) is 5.60. The number of hydrogen-bond donors (Lipinski definition) is 1. The maximum atomic E-state index is 8.95. The molecule has 1 aromatic heterocycles. The lowest BCUT2D eigenvalue weighted by Gasteiger charge is -2.19. The highest BCUT2D eigenvalue weighted by Gasteiger charge is 2.08. The van der Waals surface area contributed by atoms with Crippen LogP contribution in [0.25, 0.3) is 0 Å². The Hall–Kier alpha value is -0.650. The van der Waals surface area contributed by atoms with Gasteiger partial charge in [-0.05, 0) is 13.8 Å². The van der Waals surface area contributed by atoms with Crippen LogP contribution in [0.15, 0.2) is 6.20 Å². The molecule has 4 nitrogen and oxygen atoms in total. The van der Waals surface area contributed by atoms with Crippen LogP contribution in [0.1, 0.15) is 18.7 Å². The van der Waals surface area contributed by atoms with E-state index < -0.39 is 0 Å². The first kappa shape index (κ1) is 12.4. The van der Waals surface area contributed by atoms with Gasteiger partial charge < -0.3 is 14.7 Å². The van der Waals surface area contributed by atoms with E-state index in [1.165, 1.54) is 11.3 Å². The number of anilines is 1. The van der Waals surface area contributed by atoms with Crippen molar-refractivity contribution >= 4 is 16.5 Å². The van der Waals surface area contributed by atoms with E-state index in [4.69, 9.17) is 9.84 Å². The number of likely N-dealkylation sites (N-methyl/N-ethyl adjacent to an activating group) is 1. The fourth-order valence-electron chi connectivity index (χ4n) is 1.22. The average Bonchev–Trinajstić information content (AvgIpc) is 2.73. The highest BCUT2D eigenvalue weighted by molar-refractivity contribution is 7.15. The molecular formula is C10H18N2O2S. The molecule has 0 aliphatic heterocycles. The largest absolute Gasteiger partial charge is 0.391 e. The lowest BCUT2D eigenvalue weighted by atomic mass is 10.5. The number of ether oxygens (including phenoxy) is 1. The molecular weight excluding hydrogens is 212 g/mol. The zero-order chi connectivity index (χ0) is 11.1. The van der Waals surface area contributed by atoms with Crippen molar-refractivity contribution < 1.29 is 9.84 Å². The minimum Gasteiger partial charge on any atom is -0.391 e. The van der Waals surface area contributed by atoms with Crippen LogP contribution < -0.4 is 4.90 Å². The smallest absolute Gasteiger partial charge is 0.185 e. The molecule has 0 spiro atoms. The number of aliphatic hydroxyl groups is 1. The molecule has 0 saturated carbocycles. The predicted molar refractivity (Wildman–Crippen MR) is 62.4 cm³/mol. The number of aliphatic hydroxyl groups excluding tert-OH is 1. The molecule has 0 atom stereocenters. The lowest BCUT2D eigenvalue weighted by molar-refractivity contribution is 0.154. The van der Waals surface area contributed by atoms with Crippen LogP contribution in [-0.4, -0.2) is 36.4 Å². The molecule has 0 bridgehead atoms. The summed E-state index contributed by atoms with van der Waals surface area (Å²) < 4.78 is 5.31. The molecule has 0 amide bonds. The quantitative estimate of drug-likeness (QED) is 0.721. The van der Waals surface area contributed by atoms with Gasteiger partial charge in [0.1, 0.15) is 0 Å². The maximum absolute atomic E-state index is 8.95. The summed E-state index contributed by atoms with van der Waals surface area (Å²) in [5.74, 6) is 0. The van der Waals surface area contributed by atoms with Crippen molar-refractivity contribution in [2.24, 2.45) is 0 Å². The Bertz CT molecular complexity index is 278. The number of hydrogen-bond acceptors (Lipinski definition) is 5. The van der Waals surface area contributed by atoms with Gasteiger partial charge in [-0.3, -0.25) is 0 Å². The molecule has 5 heteroatoms. The second kappa shape index (κ2) is 6.76. The third-order valence-electron chi connectivity index (χ3n) is 2.06. The minimum atomic E-state index is 0.0701. The fraction of sp³-hybridized carbons (Fsp3) is 0.700. The Morgan fingerprint density at radius 3 is 2.87 bits per heavy atom. The molecule has 0 radical (unpaired) electrons. The van der Waals surface area contributed by atoms with E-state index in [0.717, 1.165) is 36.3 Å². The molecule has 15 heavy (non-hydrogen) atoms. The third kappa shape index (κ3) is 3.77. The van der Waals surface area contributed by atoms with Crippen molar-refractivity contribution in [2.75, 3.05) is 31.2 Å². The van der Waals surface area contributed by atoms with Gasteiger partial charge >= 0.3 is 0 Å². The summed E-state index contributed by atoms with van der Waals surface area (Å²) in [5, 5.41) is 9.91. The van der Waals surface area contributed by atoms with Crippen molar-refractivity contribution in [3.63, 3.8) is 0 Å². The number of thiazole rings is 1. The van der Waals surface area contributed by atoms with Gasteiger partial charge in [0, 0.05) is 25.9 Å². The Labute approximate surface area is 94.5 Å². The standard InChI is InChI=1S/C10H18N2O2S/c1-3-12(5-6-14-4-2)10-11-7-9(8-13)15-10/h7,13H,3-6,8H2,1-2H3. The van der Waals surface area contributed by atoms with E-state index in [9.17, 15) is 0 Å². The van der Waals surface area contributed by atoms with E-state index in [1.54, 1.807) is 6.20 Å². The second-order valence-corrected chi connectivity index (χ2v) is 4.14. The number of aromatic nitrogens is 1. The van der Waals surface area contributed by atoms with Gasteiger partial charge in [0.05, 0.1) is 18.1 Å². The summed E-state index contributed by atoms with van der Waals surface area (Å²) in [6.45, 7) is 7.38. The molecule has 1 heterocycles. The van der Waals surface area contributed by atoms with E-state index in [2.05, 4.69) is 16.8 Å². The van der Waals surface area contributed by atoms with E-state index in [0.29, 0.717) is 0 Å². The molecule has 1 rings (SSSR count). The zero-order valence-electron chi connectivity index (χ0n) is 9.27. The van der Waals surface area contributed by atoms with Crippen LogP contribution in [0.3, 0.4) is 0 Å². The van der Waals surface area contributed by atoms with Crippen molar-refractivity contribution in [1.82, 2.24) is 4.98 Å². The summed E-state index contributed by atoms with van der Waals surface area (Å²) in [7, 11) is 0. The number of nitrogens with zero attached hydrogens (tertiary/aromatic N) is 2. The molecule has 0 fully saturated rings. The van der Waals surface area contributed by atoms with E-state index in [1.807, 2.05) is 6.92 Å².